The highest BCUT2D eigenvalue weighted by Gasteiger charge is 2.27. The van der Waals surface area contributed by atoms with E-state index < -0.39 is 0 Å². The topological polar surface area (TPSA) is 74.5 Å². The Morgan fingerprint density at radius 3 is 2.58 bits per heavy atom. The highest BCUT2D eigenvalue weighted by Crippen LogP contribution is 2.25. The van der Waals surface area contributed by atoms with Gasteiger partial charge in [0.1, 0.15) is 5.69 Å². The molecule has 1 N–H and O–H groups in total. The van der Waals surface area contributed by atoms with E-state index in [1.807, 2.05) is 36.4 Å². The third-order valence-corrected chi connectivity index (χ3v) is 5.80. The maximum Gasteiger partial charge on any atom is 0.229 e. The van der Waals surface area contributed by atoms with Crippen molar-refractivity contribution < 1.29 is 9.21 Å². The molecule has 1 aliphatic rings. The van der Waals surface area contributed by atoms with Gasteiger partial charge in [-0.3, -0.25) is 4.79 Å². The van der Waals surface area contributed by atoms with Crippen molar-refractivity contribution >= 4 is 23.1 Å². The number of hydrogen-bond acceptors (Lipinski definition) is 6. The first-order valence-corrected chi connectivity index (χ1v) is 11.0. The minimum atomic E-state index is -0.0808. The van der Waals surface area contributed by atoms with Crippen LogP contribution in [0.3, 0.4) is 0 Å². The van der Waals surface area contributed by atoms with Gasteiger partial charge >= 0.3 is 0 Å². The van der Waals surface area contributed by atoms with E-state index in [2.05, 4.69) is 51.3 Å². The van der Waals surface area contributed by atoms with Gasteiger partial charge in [-0.25, -0.2) is 0 Å². The van der Waals surface area contributed by atoms with Crippen LogP contribution < -0.4 is 15.1 Å². The molecular weight excluding hydrogens is 390 g/mol. The van der Waals surface area contributed by atoms with E-state index in [1.54, 1.807) is 6.26 Å². The molecule has 0 aliphatic carbocycles. The maximum absolute atomic E-state index is 12.9. The number of piperidine rings is 1. The fourth-order valence-electron chi connectivity index (χ4n) is 4.04. The summed E-state index contributed by atoms with van der Waals surface area (Å²) >= 11 is 0. The average Bonchev–Trinajstić information content (AvgIpc) is 3.36. The molecule has 1 amide bonds. The van der Waals surface area contributed by atoms with Crippen LogP contribution in [0.5, 0.6) is 0 Å². The molecule has 1 atom stereocenters. The molecule has 162 valence electrons. The molecule has 0 saturated carbocycles. The van der Waals surface area contributed by atoms with Crippen molar-refractivity contribution in [3.05, 3.63) is 54.8 Å². The number of rotatable bonds is 7. The molecule has 7 heteroatoms. The monoisotopic (exact) mass is 419 g/mol. The molecule has 1 aliphatic heterocycles. The van der Waals surface area contributed by atoms with E-state index in [0.29, 0.717) is 18.0 Å². The van der Waals surface area contributed by atoms with Gasteiger partial charge in [0.2, 0.25) is 5.91 Å². The van der Waals surface area contributed by atoms with Gasteiger partial charge < -0.3 is 19.5 Å². The van der Waals surface area contributed by atoms with Crippen LogP contribution in [0.1, 0.15) is 26.7 Å². The molecule has 3 aromatic rings. The lowest BCUT2D eigenvalue weighted by molar-refractivity contribution is -0.120. The second-order valence-corrected chi connectivity index (χ2v) is 7.75. The number of amides is 1. The molecule has 0 spiro atoms. The molecule has 2 aromatic heterocycles. The van der Waals surface area contributed by atoms with Gasteiger partial charge in [0.05, 0.1) is 12.2 Å². The van der Waals surface area contributed by atoms with E-state index >= 15 is 0 Å². The summed E-state index contributed by atoms with van der Waals surface area (Å²) in [6.45, 7) is 7.72. The minimum Gasteiger partial charge on any atom is -0.463 e. The molecule has 0 radical (unpaired) electrons. The third kappa shape index (κ3) is 4.87. The quantitative estimate of drug-likeness (QED) is 0.610. The van der Waals surface area contributed by atoms with E-state index in [1.165, 1.54) is 5.69 Å². The van der Waals surface area contributed by atoms with Crippen LogP contribution in [-0.4, -0.2) is 42.3 Å². The summed E-state index contributed by atoms with van der Waals surface area (Å²) in [6.07, 6.45) is 3.44. The van der Waals surface area contributed by atoms with Crippen LogP contribution in [-0.2, 0) is 4.79 Å². The molecule has 1 aromatic carbocycles. The molecular formula is C24H29N5O2. The Morgan fingerprint density at radius 1 is 1.13 bits per heavy atom. The Morgan fingerprint density at radius 2 is 1.94 bits per heavy atom. The normalized spacial score (nSPS) is 16.2. The van der Waals surface area contributed by atoms with E-state index in [9.17, 15) is 4.79 Å². The van der Waals surface area contributed by atoms with Crippen molar-refractivity contribution in [1.82, 2.24) is 10.2 Å². The summed E-state index contributed by atoms with van der Waals surface area (Å²) in [5.74, 6) is 1.46. The summed E-state index contributed by atoms with van der Waals surface area (Å²) in [4.78, 5) is 17.3. The fraction of sp³-hybridized carbons (Fsp3) is 0.375. The largest absolute Gasteiger partial charge is 0.463 e. The number of nitrogens with zero attached hydrogens (tertiary/aromatic N) is 4. The maximum atomic E-state index is 12.9. The number of furan rings is 1. The number of carbonyl (C=O) groups excluding carboxylic acids is 1. The Hall–Kier alpha value is -3.35. The van der Waals surface area contributed by atoms with Gasteiger partial charge in [-0.2, -0.15) is 0 Å². The summed E-state index contributed by atoms with van der Waals surface area (Å²) in [5.41, 5.74) is 2.71. The summed E-state index contributed by atoms with van der Waals surface area (Å²) in [5, 5.41) is 11.7. The highest BCUT2D eigenvalue weighted by atomic mass is 16.3. The van der Waals surface area contributed by atoms with Crippen LogP contribution in [0.2, 0.25) is 0 Å². The van der Waals surface area contributed by atoms with Crippen molar-refractivity contribution in [2.75, 3.05) is 41.3 Å². The molecule has 1 fully saturated rings. The molecule has 0 bridgehead atoms. The Labute approximate surface area is 183 Å². The second-order valence-electron chi connectivity index (χ2n) is 7.75. The zero-order valence-corrected chi connectivity index (χ0v) is 18.1. The lowest BCUT2D eigenvalue weighted by Gasteiger charge is -2.32. The molecule has 1 saturated heterocycles. The number of anilines is 3. The van der Waals surface area contributed by atoms with Gasteiger partial charge in [0.25, 0.3) is 0 Å². The highest BCUT2D eigenvalue weighted by molar-refractivity contribution is 5.93. The van der Waals surface area contributed by atoms with Crippen molar-refractivity contribution in [2.24, 2.45) is 5.92 Å². The number of nitrogens with one attached hydrogen (secondary N) is 1. The van der Waals surface area contributed by atoms with Gasteiger partial charge in [0, 0.05) is 37.6 Å². The molecule has 31 heavy (non-hydrogen) atoms. The van der Waals surface area contributed by atoms with Gasteiger partial charge in [0.15, 0.2) is 11.6 Å². The molecule has 3 heterocycles. The van der Waals surface area contributed by atoms with E-state index in [0.717, 1.165) is 44.0 Å². The average molecular weight is 420 g/mol. The number of aromatic nitrogens is 2. The fourth-order valence-corrected chi connectivity index (χ4v) is 4.04. The van der Waals surface area contributed by atoms with Crippen LogP contribution in [0.25, 0.3) is 11.5 Å². The van der Waals surface area contributed by atoms with Gasteiger partial charge in [-0.05, 0) is 75.2 Å². The van der Waals surface area contributed by atoms with Gasteiger partial charge in [-0.1, -0.05) is 0 Å². The number of benzene rings is 1. The summed E-state index contributed by atoms with van der Waals surface area (Å²) in [7, 11) is 0. The molecule has 7 nitrogen and oxygen atoms in total. The Kier molecular flexibility index (Phi) is 6.50. The number of hydrogen-bond donors (Lipinski definition) is 1. The van der Waals surface area contributed by atoms with Crippen molar-refractivity contribution in [1.29, 1.82) is 0 Å². The summed E-state index contributed by atoms with van der Waals surface area (Å²) < 4.78 is 5.37. The van der Waals surface area contributed by atoms with Crippen molar-refractivity contribution in [3.8, 4) is 11.5 Å². The predicted octanol–water partition coefficient (Wildman–Crippen LogP) is 4.44. The van der Waals surface area contributed by atoms with Crippen LogP contribution in [0.15, 0.2) is 59.2 Å². The predicted molar refractivity (Wildman–Crippen MR) is 123 cm³/mol. The molecule has 1 unspecified atom stereocenters. The number of carbonyl (C=O) groups is 1. The van der Waals surface area contributed by atoms with Crippen molar-refractivity contribution in [2.45, 2.75) is 26.7 Å². The zero-order chi connectivity index (χ0) is 21.6. The Bertz CT molecular complexity index is 966. The first kappa shape index (κ1) is 20.9. The lowest BCUT2D eigenvalue weighted by atomic mass is 9.97. The van der Waals surface area contributed by atoms with E-state index in [-0.39, 0.29) is 11.8 Å². The zero-order valence-electron chi connectivity index (χ0n) is 18.1. The van der Waals surface area contributed by atoms with Gasteiger partial charge in [-0.15, -0.1) is 10.2 Å². The first-order valence-electron chi connectivity index (χ1n) is 11.0. The lowest BCUT2D eigenvalue weighted by Crippen LogP contribution is -2.41. The van der Waals surface area contributed by atoms with Crippen LogP contribution in [0.4, 0.5) is 17.2 Å². The Balaban J connectivity index is 1.37. The minimum absolute atomic E-state index is 0.0560. The second kappa shape index (κ2) is 9.64. The van der Waals surface area contributed by atoms with Crippen LogP contribution in [0, 0.1) is 5.92 Å². The summed E-state index contributed by atoms with van der Waals surface area (Å²) in [6, 6.07) is 15.6. The molecule has 4 rings (SSSR count). The van der Waals surface area contributed by atoms with E-state index in [4.69, 9.17) is 4.42 Å². The standard InChI is InChI=1S/C24H29N5O2/c1-3-28(4-2)20-11-9-19(10-12-20)25-24(30)18-7-5-15-29(17-18)23-14-13-21(26-27-23)22-8-6-16-31-22/h6,8-14,16,18H,3-5,7,15,17H2,1-2H3,(H,25,30). The third-order valence-electron chi connectivity index (χ3n) is 5.80. The van der Waals surface area contributed by atoms with Crippen LogP contribution >= 0.6 is 0 Å². The first-order chi connectivity index (χ1) is 15.2. The SMILES string of the molecule is CCN(CC)c1ccc(NC(=O)C2CCCN(c3ccc(-c4ccco4)nn3)C2)cc1. The van der Waals surface area contributed by atoms with Crippen molar-refractivity contribution in [3.63, 3.8) is 0 Å². The smallest absolute Gasteiger partial charge is 0.229 e.